The summed E-state index contributed by atoms with van der Waals surface area (Å²) in [6.45, 7) is 7.71. The van der Waals surface area contributed by atoms with E-state index in [2.05, 4.69) is 11.8 Å². The van der Waals surface area contributed by atoms with Gasteiger partial charge in [-0.3, -0.25) is 0 Å². The fraction of sp³-hybridized carbons (Fsp3) is 0.680. The number of amides is 1. The van der Waals surface area contributed by atoms with E-state index in [9.17, 15) is 18.0 Å². The fourth-order valence-corrected chi connectivity index (χ4v) is 6.42. The summed E-state index contributed by atoms with van der Waals surface area (Å²) in [5.74, 6) is -0.628. The van der Waals surface area contributed by atoms with Crippen molar-refractivity contribution in [1.29, 1.82) is 0 Å². The Hall–Kier alpha value is -2.37. The number of unbranched alkanes of at least 4 members (excludes halogenated alkanes) is 1. The highest BCUT2D eigenvalue weighted by molar-refractivity contribution is 7.93. The molecule has 0 aromatic heterocycles. The topological polar surface area (TPSA) is 128 Å². The normalized spacial score (nSPS) is 21.2. The monoisotopic (exact) mass is 525 g/mol. The molecule has 36 heavy (non-hydrogen) atoms. The van der Waals surface area contributed by atoms with Crippen LogP contribution in [0.25, 0.3) is 0 Å². The second-order valence-corrected chi connectivity index (χ2v) is 11.9. The maximum atomic E-state index is 12.8. The van der Waals surface area contributed by atoms with Crippen molar-refractivity contribution in [2.24, 2.45) is 5.73 Å². The van der Waals surface area contributed by atoms with Crippen molar-refractivity contribution in [1.82, 2.24) is 9.80 Å². The Bertz CT molecular complexity index is 993. The lowest BCUT2D eigenvalue weighted by atomic mass is 10.0. The number of nitrogens with zero attached hydrogens (tertiary/aromatic N) is 2. The van der Waals surface area contributed by atoms with Crippen molar-refractivity contribution in [2.75, 3.05) is 45.6 Å². The molecule has 0 saturated carbocycles. The maximum absolute atomic E-state index is 12.8. The first kappa shape index (κ1) is 28.2. The smallest absolute Gasteiger partial charge is 0.410 e. The number of rotatable bonds is 12. The molecule has 2 saturated heterocycles. The summed E-state index contributed by atoms with van der Waals surface area (Å²) in [6, 6.07) is 6.90. The van der Waals surface area contributed by atoms with Crippen LogP contribution >= 0.6 is 0 Å². The third-order valence-corrected chi connectivity index (χ3v) is 9.27. The quantitative estimate of drug-likeness (QED) is 0.407. The summed E-state index contributed by atoms with van der Waals surface area (Å²) in [7, 11) is -2.81. The van der Waals surface area contributed by atoms with E-state index in [1.165, 1.54) is 0 Å². The second kappa shape index (κ2) is 12.2. The molecule has 0 bridgehead atoms. The van der Waals surface area contributed by atoms with Gasteiger partial charge in [-0.2, -0.15) is 0 Å². The highest BCUT2D eigenvalue weighted by Crippen LogP contribution is 2.25. The molecule has 11 heteroatoms. The standard InChI is InChI=1S/C25H39N3O7S/c1-4-6-15-36(31,32)25(26,23(29)33-3)16-19-7-9-21(10-8-19)34-18-22-17-28(24(30)35-22)20-11-13-27(5-2)14-12-20/h7-10,20,22H,4-6,11-18,26H2,1-3H3. The number of hydrogen-bond acceptors (Lipinski definition) is 9. The fourth-order valence-electron chi connectivity index (χ4n) is 4.67. The molecule has 2 unspecified atom stereocenters. The van der Waals surface area contributed by atoms with Crippen LogP contribution in [0.1, 0.15) is 45.1 Å². The van der Waals surface area contributed by atoms with Gasteiger partial charge in [-0.05, 0) is 43.5 Å². The Morgan fingerprint density at radius 2 is 1.86 bits per heavy atom. The van der Waals surface area contributed by atoms with Gasteiger partial charge in [-0.25, -0.2) is 18.0 Å². The Labute approximate surface area is 214 Å². The van der Waals surface area contributed by atoms with E-state index in [0.717, 1.165) is 39.6 Å². The van der Waals surface area contributed by atoms with E-state index < -0.39 is 20.7 Å². The average molecular weight is 526 g/mol. The first-order valence-electron chi connectivity index (χ1n) is 12.6. The third-order valence-electron chi connectivity index (χ3n) is 7.03. The first-order chi connectivity index (χ1) is 17.1. The SMILES string of the molecule is CCCCS(=O)(=O)C(N)(Cc1ccc(OCC2CN(C3CCN(CC)CC3)C(=O)O2)cc1)C(=O)OC. The summed E-state index contributed by atoms with van der Waals surface area (Å²) < 4.78 is 41.7. The molecule has 1 amide bonds. The van der Waals surface area contributed by atoms with E-state index >= 15 is 0 Å². The summed E-state index contributed by atoms with van der Waals surface area (Å²) in [5, 5.41) is 0. The van der Waals surface area contributed by atoms with Crippen molar-refractivity contribution >= 4 is 21.9 Å². The number of carbonyl (C=O) groups is 2. The van der Waals surface area contributed by atoms with Crippen molar-refractivity contribution in [2.45, 2.75) is 63.0 Å². The van der Waals surface area contributed by atoms with Crippen LogP contribution in [-0.4, -0.2) is 92.9 Å². The Kier molecular flexibility index (Phi) is 9.59. The largest absolute Gasteiger partial charge is 0.490 e. The zero-order valence-corrected chi connectivity index (χ0v) is 22.3. The summed E-state index contributed by atoms with van der Waals surface area (Å²) >= 11 is 0. The van der Waals surface area contributed by atoms with Gasteiger partial charge in [-0.1, -0.05) is 32.4 Å². The number of carbonyl (C=O) groups excluding carboxylic acids is 2. The van der Waals surface area contributed by atoms with Crippen LogP contribution in [0.2, 0.25) is 0 Å². The molecule has 2 heterocycles. The zero-order valence-electron chi connectivity index (χ0n) is 21.5. The van der Waals surface area contributed by atoms with E-state index in [1.54, 1.807) is 24.3 Å². The van der Waals surface area contributed by atoms with E-state index in [1.807, 2.05) is 11.8 Å². The molecular weight excluding hydrogens is 486 g/mol. The lowest BCUT2D eigenvalue weighted by molar-refractivity contribution is -0.143. The Balaban J connectivity index is 1.56. The van der Waals surface area contributed by atoms with Crippen LogP contribution in [0.15, 0.2) is 24.3 Å². The van der Waals surface area contributed by atoms with Crippen LogP contribution < -0.4 is 10.5 Å². The first-order valence-corrected chi connectivity index (χ1v) is 14.3. The van der Waals surface area contributed by atoms with Gasteiger partial charge < -0.3 is 29.7 Å². The number of ether oxygens (including phenoxy) is 3. The van der Waals surface area contributed by atoms with E-state index in [4.69, 9.17) is 19.9 Å². The number of piperidine rings is 1. The molecule has 3 rings (SSSR count). The molecule has 2 N–H and O–H groups in total. The lowest BCUT2D eigenvalue weighted by Gasteiger charge is -2.35. The minimum Gasteiger partial charge on any atom is -0.490 e. The Morgan fingerprint density at radius 3 is 2.44 bits per heavy atom. The van der Waals surface area contributed by atoms with E-state index in [0.29, 0.717) is 30.7 Å². The number of methoxy groups -OCH3 is 1. The van der Waals surface area contributed by atoms with Gasteiger partial charge in [0.25, 0.3) is 0 Å². The highest BCUT2D eigenvalue weighted by Gasteiger charge is 2.48. The van der Waals surface area contributed by atoms with Crippen LogP contribution in [0.4, 0.5) is 4.79 Å². The molecule has 202 valence electrons. The molecule has 0 aliphatic carbocycles. The Morgan fingerprint density at radius 1 is 1.19 bits per heavy atom. The number of likely N-dealkylation sites (tertiary alicyclic amines) is 1. The van der Waals surface area contributed by atoms with Crippen LogP contribution in [0.5, 0.6) is 5.75 Å². The second-order valence-electron chi connectivity index (χ2n) is 9.51. The number of sulfone groups is 1. The minimum absolute atomic E-state index is 0.189. The highest BCUT2D eigenvalue weighted by atomic mass is 32.2. The van der Waals surface area contributed by atoms with Crippen molar-refractivity contribution in [3.63, 3.8) is 0 Å². The van der Waals surface area contributed by atoms with Gasteiger partial charge in [0.15, 0.2) is 15.9 Å². The number of nitrogens with two attached hydrogens (primary N) is 1. The van der Waals surface area contributed by atoms with Gasteiger partial charge in [0.05, 0.1) is 19.4 Å². The van der Waals surface area contributed by atoms with Crippen molar-refractivity contribution in [3.05, 3.63) is 29.8 Å². The molecule has 10 nitrogen and oxygen atoms in total. The molecule has 0 spiro atoms. The summed E-state index contributed by atoms with van der Waals surface area (Å²) in [4.78, 5) is 26.8. The molecule has 2 aliphatic rings. The van der Waals surface area contributed by atoms with E-state index in [-0.39, 0.29) is 37.0 Å². The predicted molar refractivity (Wildman–Crippen MR) is 135 cm³/mol. The van der Waals surface area contributed by atoms with Gasteiger partial charge in [0.2, 0.25) is 4.87 Å². The third kappa shape index (κ3) is 6.49. The van der Waals surface area contributed by atoms with Gasteiger partial charge >= 0.3 is 12.1 Å². The van der Waals surface area contributed by atoms with Crippen molar-refractivity contribution < 1.29 is 32.2 Å². The van der Waals surface area contributed by atoms with Crippen LogP contribution in [0.3, 0.4) is 0 Å². The van der Waals surface area contributed by atoms with Gasteiger partial charge in [-0.15, -0.1) is 0 Å². The summed E-state index contributed by atoms with van der Waals surface area (Å²) in [6.07, 6.45) is 2.10. The molecule has 2 fully saturated rings. The molecule has 0 radical (unpaired) electrons. The molecule has 2 atom stereocenters. The average Bonchev–Trinajstić information content (AvgIpc) is 3.26. The molecular formula is C25H39N3O7S. The molecule has 2 aliphatic heterocycles. The number of cyclic esters (lactones) is 1. The number of esters is 1. The van der Waals surface area contributed by atoms with Gasteiger partial charge in [0.1, 0.15) is 12.4 Å². The number of hydrogen-bond donors (Lipinski definition) is 1. The number of benzene rings is 1. The van der Waals surface area contributed by atoms with Crippen molar-refractivity contribution in [3.8, 4) is 5.75 Å². The zero-order chi connectivity index (χ0) is 26.3. The predicted octanol–water partition coefficient (Wildman–Crippen LogP) is 1.96. The summed E-state index contributed by atoms with van der Waals surface area (Å²) in [5.41, 5.74) is 6.70. The maximum Gasteiger partial charge on any atom is 0.410 e. The minimum atomic E-state index is -3.93. The lowest BCUT2D eigenvalue weighted by Crippen LogP contribution is -2.57. The van der Waals surface area contributed by atoms with Gasteiger partial charge in [0, 0.05) is 25.6 Å². The van der Waals surface area contributed by atoms with Crippen LogP contribution in [0, 0.1) is 0 Å². The molecule has 1 aromatic carbocycles. The van der Waals surface area contributed by atoms with Crippen LogP contribution in [-0.2, 0) is 30.5 Å². The molecule has 1 aromatic rings.